The van der Waals surface area contributed by atoms with Crippen molar-refractivity contribution in [3.05, 3.63) is 59.1 Å². The van der Waals surface area contributed by atoms with Crippen molar-refractivity contribution >= 4 is 17.4 Å². The Balaban J connectivity index is 2.40. The Morgan fingerprint density at radius 3 is 2.50 bits per heavy atom. The maximum Gasteiger partial charge on any atom is 0.221 e. The molecular formula is C13H8ClN3O. The second-order valence-electron chi connectivity index (χ2n) is 3.52. The monoisotopic (exact) mass is 257 g/mol. The highest BCUT2D eigenvalue weighted by Gasteiger charge is 2.25. The first-order valence-electron chi connectivity index (χ1n) is 5.19. The molecule has 0 N–H and O–H groups in total. The molecule has 0 fully saturated rings. The quantitative estimate of drug-likeness (QED) is 0.793. The van der Waals surface area contributed by atoms with Crippen LogP contribution in [0.5, 0.6) is 0 Å². The number of aromatic nitrogens is 2. The van der Waals surface area contributed by atoms with Gasteiger partial charge in [-0.25, -0.2) is 9.97 Å². The molecule has 0 aliphatic rings. The Labute approximate surface area is 109 Å². The largest absolute Gasteiger partial charge is 0.289 e. The summed E-state index contributed by atoms with van der Waals surface area (Å²) in [6.07, 6.45) is 2.92. The van der Waals surface area contributed by atoms with Crippen LogP contribution in [0.3, 0.4) is 0 Å². The van der Waals surface area contributed by atoms with Crippen LogP contribution >= 0.6 is 11.6 Å². The van der Waals surface area contributed by atoms with Crippen LogP contribution < -0.4 is 0 Å². The van der Waals surface area contributed by atoms with Crippen LogP contribution in [0.4, 0.5) is 0 Å². The van der Waals surface area contributed by atoms with Gasteiger partial charge < -0.3 is 0 Å². The predicted octanol–water partition coefficient (Wildman–Crippen LogP) is 2.62. The Hall–Kier alpha value is -2.25. The van der Waals surface area contributed by atoms with Crippen molar-refractivity contribution in [3.63, 3.8) is 0 Å². The standard InChI is InChI=1S/C13H8ClN3O/c14-11-5-2-1-4-9(11)10(8-15)12(18)13-16-6-3-7-17-13/h1-7,10H. The number of ketones is 1. The van der Waals surface area contributed by atoms with E-state index in [2.05, 4.69) is 9.97 Å². The van der Waals surface area contributed by atoms with Gasteiger partial charge in [-0.05, 0) is 17.7 Å². The molecule has 1 unspecified atom stereocenters. The minimum absolute atomic E-state index is 0.0176. The van der Waals surface area contributed by atoms with Crippen LogP contribution in [-0.2, 0) is 0 Å². The maximum absolute atomic E-state index is 12.1. The van der Waals surface area contributed by atoms with E-state index >= 15 is 0 Å². The fraction of sp³-hybridized carbons (Fsp3) is 0.0769. The van der Waals surface area contributed by atoms with Crippen molar-refractivity contribution in [2.45, 2.75) is 5.92 Å². The van der Waals surface area contributed by atoms with Crippen LogP contribution in [-0.4, -0.2) is 15.8 Å². The first-order chi connectivity index (χ1) is 8.74. The van der Waals surface area contributed by atoms with Gasteiger partial charge in [-0.2, -0.15) is 5.26 Å². The number of halogens is 1. The molecule has 2 aromatic rings. The fourth-order valence-corrected chi connectivity index (χ4v) is 1.78. The highest BCUT2D eigenvalue weighted by molar-refractivity contribution is 6.31. The molecule has 0 saturated carbocycles. The summed E-state index contributed by atoms with van der Waals surface area (Å²) in [5, 5.41) is 9.53. The summed E-state index contributed by atoms with van der Waals surface area (Å²) in [6.45, 7) is 0. The van der Waals surface area contributed by atoms with E-state index in [4.69, 9.17) is 16.9 Å². The van der Waals surface area contributed by atoms with E-state index in [0.717, 1.165) is 0 Å². The van der Waals surface area contributed by atoms with E-state index in [9.17, 15) is 4.79 Å². The molecule has 5 heteroatoms. The highest BCUT2D eigenvalue weighted by atomic mass is 35.5. The lowest BCUT2D eigenvalue weighted by molar-refractivity contribution is 0.0968. The van der Waals surface area contributed by atoms with Crippen LogP contribution in [0, 0.1) is 11.3 Å². The zero-order valence-corrected chi connectivity index (χ0v) is 10.0. The van der Waals surface area contributed by atoms with E-state index in [0.29, 0.717) is 10.6 Å². The second-order valence-corrected chi connectivity index (χ2v) is 3.93. The van der Waals surface area contributed by atoms with Crippen molar-refractivity contribution in [1.29, 1.82) is 5.26 Å². The second kappa shape index (κ2) is 5.39. The van der Waals surface area contributed by atoms with Crippen LogP contribution in [0.15, 0.2) is 42.7 Å². The minimum Gasteiger partial charge on any atom is -0.289 e. The summed E-state index contributed by atoms with van der Waals surface area (Å²) >= 11 is 5.99. The SMILES string of the molecule is N#CC(C(=O)c1ncccn1)c1ccccc1Cl. The van der Waals surface area contributed by atoms with Crippen LogP contribution in [0.2, 0.25) is 5.02 Å². The van der Waals surface area contributed by atoms with Gasteiger partial charge in [0.05, 0.1) is 6.07 Å². The molecule has 1 heterocycles. The Kier molecular flexibility index (Phi) is 3.66. The number of hydrogen-bond acceptors (Lipinski definition) is 4. The lowest BCUT2D eigenvalue weighted by atomic mass is 9.95. The van der Waals surface area contributed by atoms with E-state index < -0.39 is 11.7 Å². The summed E-state index contributed by atoms with van der Waals surface area (Å²) in [5.41, 5.74) is 0.471. The third kappa shape index (κ3) is 2.36. The fourth-order valence-electron chi connectivity index (χ4n) is 1.53. The van der Waals surface area contributed by atoms with Crippen molar-refractivity contribution in [2.75, 3.05) is 0 Å². The molecule has 0 aliphatic carbocycles. The summed E-state index contributed by atoms with van der Waals surface area (Å²) in [7, 11) is 0. The summed E-state index contributed by atoms with van der Waals surface area (Å²) in [5.74, 6) is -1.42. The Bertz CT molecular complexity index is 607. The number of nitrogens with zero attached hydrogens (tertiary/aromatic N) is 3. The van der Waals surface area contributed by atoms with Gasteiger partial charge in [-0.3, -0.25) is 4.79 Å². The minimum atomic E-state index is -0.985. The van der Waals surface area contributed by atoms with Gasteiger partial charge >= 0.3 is 0 Å². The van der Waals surface area contributed by atoms with Crippen LogP contribution in [0.1, 0.15) is 22.1 Å². The molecule has 0 aliphatic heterocycles. The van der Waals surface area contributed by atoms with Gasteiger partial charge in [0.1, 0.15) is 5.92 Å². The molecule has 0 amide bonds. The first kappa shape index (κ1) is 12.2. The molecule has 0 saturated heterocycles. The van der Waals surface area contributed by atoms with Crippen LogP contribution in [0.25, 0.3) is 0 Å². The molecule has 1 atom stereocenters. The molecule has 88 valence electrons. The molecule has 18 heavy (non-hydrogen) atoms. The predicted molar refractivity (Wildman–Crippen MR) is 66.2 cm³/mol. The van der Waals surface area contributed by atoms with Crippen molar-refractivity contribution in [1.82, 2.24) is 9.97 Å². The normalized spacial score (nSPS) is 11.6. The lowest BCUT2D eigenvalue weighted by Crippen LogP contribution is -2.14. The van der Waals surface area contributed by atoms with Gasteiger partial charge in [0.2, 0.25) is 5.78 Å². The van der Waals surface area contributed by atoms with E-state index in [-0.39, 0.29) is 5.82 Å². The van der Waals surface area contributed by atoms with Crippen molar-refractivity contribution in [2.24, 2.45) is 0 Å². The van der Waals surface area contributed by atoms with Gasteiger partial charge in [-0.15, -0.1) is 0 Å². The third-order valence-electron chi connectivity index (χ3n) is 2.39. The van der Waals surface area contributed by atoms with Gasteiger partial charge in [0.25, 0.3) is 0 Å². The van der Waals surface area contributed by atoms with Gasteiger partial charge in [-0.1, -0.05) is 29.8 Å². The first-order valence-corrected chi connectivity index (χ1v) is 5.57. The van der Waals surface area contributed by atoms with E-state index in [1.165, 1.54) is 12.4 Å². The molecule has 0 bridgehead atoms. The molecular weight excluding hydrogens is 250 g/mol. The smallest absolute Gasteiger partial charge is 0.221 e. The average Bonchev–Trinajstić information content (AvgIpc) is 2.42. The van der Waals surface area contributed by atoms with Crippen molar-refractivity contribution in [3.8, 4) is 6.07 Å². The summed E-state index contributed by atoms with van der Waals surface area (Å²) < 4.78 is 0. The number of carbonyl (C=O) groups excluding carboxylic acids is 1. The number of hydrogen-bond donors (Lipinski definition) is 0. The Morgan fingerprint density at radius 2 is 1.89 bits per heavy atom. The zero-order valence-electron chi connectivity index (χ0n) is 9.25. The van der Waals surface area contributed by atoms with Gasteiger partial charge in [0, 0.05) is 17.4 Å². The number of benzene rings is 1. The van der Waals surface area contributed by atoms with Gasteiger partial charge in [0.15, 0.2) is 5.82 Å². The number of rotatable bonds is 3. The molecule has 1 aromatic heterocycles. The maximum atomic E-state index is 12.1. The number of carbonyl (C=O) groups is 1. The third-order valence-corrected chi connectivity index (χ3v) is 2.74. The molecule has 2 rings (SSSR count). The highest BCUT2D eigenvalue weighted by Crippen LogP contribution is 2.26. The van der Waals surface area contributed by atoms with E-state index in [1.807, 2.05) is 6.07 Å². The average molecular weight is 258 g/mol. The number of nitriles is 1. The molecule has 0 radical (unpaired) electrons. The Morgan fingerprint density at radius 1 is 1.22 bits per heavy atom. The summed E-state index contributed by atoms with van der Waals surface area (Å²) in [4.78, 5) is 19.8. The molecule has 4 nitrogen and oxygen atoms in total. The zero-order chi connectivity index (χ0) is 13.0. The van der Waals surface area contributed by atoms with Crippen molar-refractivity contribution < 1.29 is 4.79 Å². The molecule has 1 aromatic carbocycles. The van der Waals surface area contributed by atoms with E-state index in [1.54, 1.807) is 30.3 Å². The topological polar surface area (TPSA) is 66.6 Å². The number of Topliss-reactive ketones (excluding diaryl/α,β-unsaturated/α-hetero) is 1. The lowest BCUT2D eigenvalue weighted by Gasteiger charge is -2.08. The molecule has 0 spiro atoms. The summed E-state index contributed by atoms with van der Waals surface area (Å²) in [6, 6.07) is 10.3.